The molecule has 0 aromatic heterocycles. The Morgan fingerprint density at radius 2 is 1.76 bits per heavy atom. The Hall–Kier alpha value is -2.45. The number of rotatable bonds is 7. The highest BCUT2D eigenvalue weighted by atomic mass is 16.5. The number of nitrogens with zero attached hydrogens (tertiary/aromatic N) is 1. The molecule has 29 heavy (non-hydrogen) atoms. The van der Waals surface area contributed by atoms with Gasteiger partial charge in [-0.1, -0.05) is 12.1 Å². The van der Waals surface area contributed by atoms with Gasteiger partial charge in [-0.25, -0.2) is 4.79 Å². The van der Waals surface area contributed by atoms with E-state index in [4.69, 9.17) is 9.47 Å². The molecule has 2 rings (SSSR count). The Labute approximate surface area is 172 Å². The molecule has 0 spiro atoms. The van der Waals surface area contributed by atoms with Crippen LogP contribution in [0.1, 0.15) is 36.7 Å². The number of hydrogen-bond donors (Lipinski definition) is 2. The van der Waals surface area contributed by atoms with Crippen LogP contribution < -0.4 is 10.2 Å². The SMILES string of the molecule is CN(CC(=O)NC(C)(C)C)C(=O)COC(=O)c1ccc(C[NH+]2CCOCC2)cc1. The second kappa shape index (κ2) is 10.4. The van der Waals surface area contributed by atoms with E-state index in [0.717, 1.165) is 38.4 Å². The van der Waals surface area contributed by atoms with E-state index in [1.165, 1.54) is 16.8 Å². The molecule has 1 heterocycles. The molecule has 0 unspecified atom stereocenters. The second-order valence-electron chi connectivity index (χ2n) is 8.36. The molecular weight excluding hydrogens is 374 g/mol. The van der Waals surface area contributed by atoms with E-state index in [2.05, 4.69) is 5.32 Å². The lowest BCUT2D eigenvalue weighted by molar-refractivity contribution is -0.921. The predicted octanol–water partition coefficient (Wildman–Crippen LogP) is -0.368. The smallest absolute Gasteiger partial charge is 0.338 e. The van der Waals surface area contributed by atoms with E-state index in [-0.39, 0.29) is 18.0 Å². The van der Waals surface area contributed by atoms with Gasteiger partial charge in [0.1, 0.15) is 19.6 Å². The van der Waals surface area contributed by atoms with Crippen LogP contribution in [0.3, 0.4) is 0 Å². The fourth-order valence-corrected chi connectivity index (χ4v) is 2.97. The minimum absolute atomic E-state index is 0.0910. The molecule has 8 heteroatoms. The number of carbonyl (C=O) groups excluding carboxylic acids is 3. The average molecular weight is 407 g/mol. The van der Waals surface area contributed by atoms with Crippen LogP contribution in [-0.2, 0) is 25.6 Å². The zero-order chi connectivity index (χ0) is 21.4. The maximum absolute atomic E-state index is 12.2. The molecule has 1 saturated heterocycles. The van der Waals surface area contributed by atoms with Crippen molar-refractivity contribution in [3.63, 3.8) is 0 Å². The number of benzene rings is 1. The van der Waals surface area contributed by atoms with Crippen molar-refractivity contribution in [3.8, 4) is 0 Å². The van der Waals surface area contributed by atoms with E-state index < -0.39 is 18.5 Å². The fraction of sp³-hybridized carbons (Fsp3) is 0.571. The molecule has 160 valence electrons. The molecule has 1 fully saturated rings. The van der Waals surface area contributed by atoms with Crippen LogP contribution in [0.15, 0.2) is 24.3 Å². The molecule has 1 aromatic carbocycles. The minimum Gasteiger partial charge on any atom is -0.452 e. The number of nitrogens with one attached hydrogen (secondary N) is 2. The number of carbonyl (C=O) groups is 3. The highest BCUT2D eigenvalue weighted by Crippen LogP contribution is 2.06. The molecule has 0 radical (unpaired) electrons. The Morgan fingerprint density at radius 3 is 2.34 bits per heavy atom. The summed E-state index contributed by atoms with van der Waals surface area (Å²) in [6.45, 7) is 9.50. The second-order valence-corrected chi connectivity index (χ2v) is 8.36. The fourth-order valence-electron chi connectivity index (χ4n) is 2.97. The summed E-state index contributed by atoms with van der Waals surface area (Å²) < 4.78 is 10.5. The summed E-state index contributed by atoms with van der Waals surface area (Å²) in [6.07, 6.45) is 0. The van der Waals surface area contributed by atoms with Gasteiger partial charge < -0.3 is 24.6 Å². The van der Waals surface area contributed by atoms with Crippen molar-refractivity contribution in [2.45, 2.75) is 32.9 Å². The summed E-state index contributed by atoms with van der Waals surface area (Å²) in [7, 11) is 1.50. The summed E-state index contributed by atoms with van der Waals surface area (Å²) in [6, 6.07) is 7.23. The Morgan fingerprint density at radius 1 is 1.14 bits per heavy atom. The lowest BCUT2D eigenvalue weighted by atomic mass is 10.1. The first-order valence-corrected chi connectivity index (χ1v) is 9.86. The van der Waals surface area contributed by atoms with Gasteiger partial charge in [-0.05, 0) is 32.9 Å². The first-order valence-electron chi connectivity index (χ1n) is 9.86. The quantitative estimate of drug-likeness (QED) is 0.604. The lowest BCUT2D eigenvalue weighted by Crippen LogP contribution is -3.12. The van der Waals surface area contributed by atoms with Crippen molar-refractivity contribution in [1.82, 2.24) is 10.2 Å². The molecule has 0 bridgehead atoms. The summed E-state index contributed by atoms with van der Waals surface area (Å²) in [5.41, 5.74) is 1.16. The van der Waals surface area contributed by atoms with Gasteiger partial charge in [0.25, 0.3) is 5.91 Å². The molecule has 1 aromatic rings. The number of morpholine rings is 1. The minimum atomic E-state index is -0.559. The van der Waals surface area contributed by atoms with E-state index in [9.17, 15) is 14.4 Å². The van der Waals surface area contributed by atoms with Crippen LogP contribution in [0.2, 0.25) is 0 Å². The van der Waals surface area contributed by atoms with Gasteiger partial charge in [-0.3, -0.25) is 9.59 Å². The maximum Gasteiger partial charge on any atom is 0.338 e. The first kappa shape index (κ1) is 22.8. The van der Waals surface area contributed by atoms with E-state index >= 15 is 0 Å². The van der Waals surface area contributed by atoms with E-state index in [0.29, 0.717) is 5.56 Å². The predicted molar refractivity (Wildman–Crippen MR) is 107 cm³/mol. The van der Waals surface area contributed by atoms with Crippen LogP contribution in [-0.4, -0.2) is 74.7 Å². The molecule has 8 nitrogen and oxygen atoms in total. The first-order chi connectivity index (χ1) is 13.6. The number of esters is 1. The van der Waals surface area contributed by atoms with Crippen LogP contribution >= 0.6 is 0 Å². The molecule has 0 saturated carbocycles. The maximum atomic E-state index is 12.2. The summed E-state index contributed by atoms with van der Waals surface area (Å²) in [5.74, 6) is -1.26. The van der Waals surface area contributed by atoms with Crippen LogP contribution in [0.25, 0.3) is 0 Å². The van der Waals surface area contributed by atoms with Crippen molar-refractivity contribution in [2.75, 3.05) is 46.5 Å². The molecule has 0 aliphatic carbocycles. The molecule has 0 atom stereocenters. The monoisotopic (exact) mass is 406 g/mol. The number of ether oxygens (including phenoxy) is 2. The van der Waals surface area contributed by atoms with Gasteiger partial charge in [0.2, 0.25) is 5.91 Å². The van der Waals surface area contributed by atoms with Crippen LogP contribution in [0, 0.1) is 0 Å². The van der Waals surface area contributed by atoms with Gasteiger partial charge in [0.15, 0.2) is 6.61 Å². The van der Waals surface area contributed by atoms with Gasteiger partial charge in [-0.15, -0.1) is 0 Å². The molecule has 2 N–H and O–H groups in total. The lowest BCUT2D eigenvalue weighted by Gasteiger charge is -2.23. The standard InChI is InChI=1S/C21H31N3O5/c1-21(2,3)22-18(25)14-23(4)19(26)15-29-20(27)17-7-5-16(6-8-17)13-24-9-11-28-12-10-24/h5-8H,9-15H2,1-4H3,(H,22,25)/p+1. The molecule has 1 aliphatic heterocycles. The zero-order valence-electron chi connectivity index (χ0n) is 17.7. The summed E-state index contributed by atoms with van der Waals surface area (Å²) in [5, 5.41) is 2.78. The Balaban J connectivity index is 1.77. The van der Waals surface area contributed by atoms with Gasteiger partial charge >= 0.3 is 5.97 Å². The van der Waals surface area contributed by atoms with E-state index in [1.807, 2.05) is 32.9 Å². The third-order valence-corrected chi connectivity index (χ3v) is 4.49. The van der Waals surface area contributed by atoms with Crippen molar-refractivity contribution >= 4 is 17.8 Å². The third-order valence-electron chi connectivity index (χ3n) is 4.49. The number of amides is 2. The topological polar surface area (TPSA) is 89.4 Å². The summed E-state index contributed by atoms with van der Waals surface area (Å²) in [4.78, 5) is 38.9. The van der Waals surface area contributed by atoms with Crippen LogP contribution in [0.5, 0.6) is 0 Å². The molecular formula is C21H32N3O5+. The van der Waals surface area contributed by atoms with Crippen molar-refractivity contribution in [1.29, 1.82) is 0 Å². The van der Waals surface area contributed by atoms with Crippen LogP contribution in [0.4, 0.5) is 0 Å². The highest BCUT2D eigenvalue weighted by molar-refractivity contribution is 5.92. The number of quaternary nitrogens is 1. The Bertz CT molecular complexity index is 706. The third kappa shape index (κ3) is 8.21. The summed E-state index contributed by atoms with van der Waals surface area (Å²) >= 11 is 0. The van der Waals surface area contributed by atoms with Gasteiger partial charge in [0.05, 0.1) is 25.3 Å². The zero-order valence-corrected chi connectivity index (χ0v) is 17.7. The van der Waals surface area contributed by atoms with Crippen molar-refractivity contribution in [3.05, 3.63) is 35.4 Å². The normalized spacial score (nSPS) is 14.9. The highest BCUT2D eigenvalue weighted by Gasteiger charge is 2.19. The van der Waals surface area contributed by atoms with Gasteiger partial charge in [0, 0.05) is 18.2 Å². The average Bonchev–Trinajstić information content (AvgIpc) is 2.65. The van der Waals surface area contributed by atoms with Crippen molar-refractivity contribution < 1.29 is 28.8 Å². The van der Waals surface area contributed by atoms with E-state index in [1.54, 1.807) is 12.1 Å². The van der Waals surface area contributed by atoms with Gasteiger partial charge in [-0.2, -0.15) is 0 Å². The largest absolute Gasteiger partial charge is 0.452 e. The molecule has 2 amide bonds. The number of likely N-dealkylation sites (N-methyl/N-ethyl adjacent to an activating group) is 1. The van der Waals surface area contributed by atoms with Crippen molar-refractivity contribution in [2.24, 2.45) is 0 Å². The molecule has 1 aliphatic rings. The Kier molecular flexibility index (Phi) is 8.16. The number of hydrogen-bond acceptors (Lipinski definition) is 5.